The molecule has 0 aromatic heterocycles. The van der Waals surface area contributed by atoms with Gasteiger partial charge in [0.2, 0.25) is 0 Å². The molecule has 0 radical (unpaired) electrons. The molecule has 3 nitrogen and oxygen atoms in total. The summed E-state index contributed by atoms with van der Waals surface area (Å²) < 4.78 is 5.72. The van der Waals surface area contributed by atoms with Crippen molar-refractivity contribution in [1.29, 1.82) is 0 Å². The highest BCUT2D eigenvalue weighted by molar-refractivity contribution is 5.28. The molecule has 2 N–H and O–H groups in total. The number of hydrogen-bond acceptors (Lipinski definition) is 3. The maximum atomic E-state index is 8.69. The van der Waals surface area contributed by atoms with Crippen LogP contribution < -0.4 is 10.1 Å². The summed E-state index contributed by atoms with van der Waals surface area (Å²) in [6, 6.07) is 8.18. The van der Waals surface area contributed by atoms with Gasteiger partial charge in [-0.15, -0.1) is 0 Å². The fraction of sp³-hybridized carbons (Fsp3) is 0.600. The first-order valence-electron chi connectivity index (χ1n) is 6.75. The molecule has 0 aliphatic rings. The number of aliphatic hydroxyl groups is 1. The van der Waals surface area contributed by atoms with E-state index in [1.165, 1.54) is 5.56 Å². The van der Waals surface area contributed by atoms with E-state index in [0.717, 1.165) is 38.3 Å². The smallest absolute Gasteiger partial charge is 0.119 e. The topological polar surface area (TPSA) is 41.5 Å². The monoisotopic (exact) mass is 251 g/mol. The molecule has 0 amide bonds. The molecule has 0 atom stereocenters. The zero-order chi connectivity index (χ0) is 13.2. The average molecular weight is 251 g/mol. The highest BCUT2D eigenvalue weighted by Crippen LogP contribution is 2.14. The Bertz CT molecular complexity index is 326. The molecule has 1 rings (SSSR count). The minimum atomic E-state index is 0.241. The fourth-order valence-corrected chi connectivity index (χ4v) is 1.59. The molecule has 0 heterocycles. The van der Waals surface area contributed by atoms with Crippen molar-refractivity contribution in [1.82, 2.24) is 5.32 Å². The minimum absolute atomic E-state index is 0.241. The van der Waals surface area contributed by atoms with Gasteiger partial charge in [0.1, 0.15) is 5.75 Å². The van der Waals surface area contributed by atoms with Crippen molar-refractivity contribution in [2.24, 2.45) is 5.92 Å². The zero-order valence-electron chi connectivity index (χ0n) is 11.5. The summed E-state index contributed by atoms with van der Waals surface area (Å²) in [7, 11) is 0. The molecule has 0 aliphatic carbocycles. The van der Waals surface area contributed by atoms with Gasteiger partial charge in [-0.2, -0.15) is 0 Å². The summed E-state index contributed by atoms with van der Waals surface area (Å²) in [4.78, 5) is 0. The second kappa shape index (κ2) is 8.95. The number of rotatable bonds is 9. The summed E-state index contributed by atoms with van der Waals surface area (Å²) in [5, 5.41) is 12.0. The van der Waals surface area contributed by atoms with E-state index < -0.39 is 0 Å². The lowest BCUT2D eigenvalue weighted by Crippen LogP contribution is -2.15. The van der Waals surface area contributed by atoms with Gasteiger partial charge >= 0.3 is 0 Å². The first-order chi connectivity index (χ1) is 8.72. The third kappa shape index (κ3) is 6.62. The summed E-state index contributed by atoms with van der Waals surface area (Å²) >= 11 is 0. The van der Waals surface area contributed by atoms with Crippen LogP contribution in [0.3, 0.4) is 0 Å². The molecule has 0 bridgehead atoms. The Morgan fingerprint density at radius 2 is 2.17 bits per heavy atom. The van der Waals surface area contributed by atoms with E-state index in [4.69, 9.17) is 9.84 Å². The summed E-state index contributed by atoms with van der Waals surface area (Å²) in [6.07, 6.45) is 1.88. The molecular formula is C15H25NO2. The SMILES string of the molecule is CC(C)CCOc1cccc(CNCCCO)c1. The van der Waals surface area contributed by atoms with Gasteiger partial charge in [0.25, 0.3) is 0 Å². The Morgan fingerprint density at radius 3 is 2.89 bits per heavy atom. The van der Waals surface area contributed by atoms with Crippen molar-refractivity contribution in [3.63, 3.8) is 0 Å². The van der Waals surface area contributed by atoms with E-state index >= 15 is 0 Å². The third-order valence-corrected chi connectivity index (χ3v) is 2.70. The van der Waals surface area contributed by atoms with Crippen LogP contribution in [0.1, 0.15) is 32.3 Å². The Labute approximate surface area is 110 Å². The summed E-state index contributed by atoms with van der Waals surface area (Å²) in [5.74, 6) is 1.62. The van der Waals surface area contributed by atoms with Gasteiger partial charge in [-0.1, -0.05) is 26.0 Å². The molecule has 0 unspecified atom stereocenters. The van der Waals surface area contributed by atoms with Gasteiger partial charge in [0.15, 0.2) is 0 Å². The standard InChI is InChI=1S/C15H25NO2/c1-13(2)7-10-18-15-6-3-5-14(11-15)12-16-8-4-9-17/h3,5-6,11,13,16-17H,4,7-10,12H2,1-2H3. The quantitative estimate of drug-likeness (QED) is 0.663. The van der Waals surface area contributed by atoms with Crippen LogP contribution in [0, 0.1) is 5.92 Å². The van der Waals surface area contributed by atoms with E-state index in [1.54, 1.807) is 0 Å². The van der Waals surface area contributed by atoms with Crippen LogP contribution in [0.2, 0.25) is 0 Å². The van der Waals surface area contributed by atoms with Crippen molar-refractivity contribution < 1.29 is 9.84 Å². The lowest BCUT2D eigenvalue weighted by molar-refractivity contribution is 0.285. The summed E-state index contributed by atoms with van der Waals surface area (Å²) in [5.41, 5.74) is 1.22. The molecule has 0 aliphatic heterocycles. The number of aliphatic hydroxyl groups excluding tert-OH is 1. The van der Waals surface area contributed by atoms with Crippen LogP contribution in [-0.4, -0.2) is 24.9 Å². The van der Waals surface area contributed by atoms with Crippen LogP contribution in [0.15, 0.2) is 24.3 Å². The molecule has 1 aromatic rings. The van der Waals surface area contributed by atoms with Crippen molar-refractivity contribution in [3.8, 4) is 5.75 Å². The van der Waals surface area contributed by atoms with Crippen LogP contribution >= 0.6 is 0 Å². The molecule has 0 fully saturated rings. The Hall–Kier alpha value is -1.06. The molecule has 18 heavy (non-hydrogen) atoms. The van der Waals surface area contributed by atoms with Gasteiger partial charge in [-0.25, -0.2) is 0 Å². The number of benzene rings is 1. The molecule has 102 valence electrons. The van der Waals surface area contributed by atoms with Gasteiger partial charge in [-0.3, -0.25) is 0 Å². The Kier molecular flexibility index (Phi) is 7.46. The van der Waals surface area contributed by atoms with Crippen molar-refractivity contribution in [2.75, 3.05) is 19.8 Å². The number of nitrogens with one attached hydrogen (secondary N) is 1. The maximum Gasteiger partial charge on any atom is 0.119 e. The van der Waals surface area contributed by atoms with Gasteiger partial charge in [-0.05, 0) is 43.0 Å². The predicted molar refractivity (Wildman–Crippen MR) is 74.8 cm³/mol. The van der Waals surface area contributed by atoms with E-state index in [-0.39, 0.29) is 6.61 Å². The normalized spacial score (nSPS) is 10.9. The predicted octanol–water partition coefficient (Wildman–Crippen LogP) is 2.58. The van der Waals surface area contributed by atoms with Gasteiger partial charge in [0.05, 0.1) is 6.61 Å². The minimum Gasteiger partial charge on any atom is -0.494 e. The number of ether oxygens (including phenoxy) is 1. The molecule has 3 heteroatoms. The van der Waals surface area contributed by atoms with Crippen molar-refractivity contribution >= 4 is 0 Å². The van der Waals surface area contributed by atoms with Crippen LogP contribution in [-0.2, 0) is 6.54 Å². The zero-order valence-corrected chi connectivity index (χ0v) is 11.5. The van der Waals surface area contributed by atoms with Gasteiger partial charge in [0, 0.05) is 13.2 Å². The molecule has 0 spiro atoms. The average Bonchev–Trinajstić information content (AvgIpc) is 2.35. The number of hydrogen-bond donors (Lipinski definition) is 2. The second-order valence-corrected chi connectivity index (χ2v) is 4.93. The van der Waals surface area contributed by atoms with Gasteiger partial charge < -0.3 is 15.2 Å². The van der Waals surface area contributed by atoms with E-state index in [9.17, 15) is 0 Å². The van der Waals surface area contributed by atoms with Crippen LogP contribution in [0.25, 0.3) is 0 Å². The van der Waals surface area contributed by atoms with Crippen molar-refractivity contribution in [3.05, 3.63) is 29.8 Å². The fourth-order valence-electron chi connectivity index (χ4n) is 1.59. The Morgan fingerprint density at radius 1 is 1.33 bits per heavy atom. The summed E-state index contributed by atoms with van der Waals surface area (Å²) in [6.45, 7) is 7.08. The van der Waals surface area contributed by atoms with Crippen LogP contribution in [0.5, 0.6) is 5.75 Å². The molecule has 0 saturated carbocycles. The largest absolute Gasteiger partial charge is 0.494 e. The first kappa shape index (κ1) is 15.0. The highest BCUT2D eigenvalue weighted by atomic mass is 16.5. The lowest BCUT2D eigenvalue weighted by atomic mass is 10.1. The van der Waals surface area contributed by atoms with E-state index in [2.05, 4.69) is 31.3 Å². The second-order valence-electron chi connectivity index (χ2n) is 4.93. The van der Waals surface area contributed by atoms with Crippen molar-refractivity contribution in [2.45, 2.75) is 33.2 Å². The van der Waals surface area contributed by atoms with E-state index in [0.29, 0.717) is 5.92 Å². The maximum absolute atomic E-state index is 8.69. The molecular weight excluding hydrogens is 226 g/mol. The molecule has 0 saturated heterocycles. The highest BCUT2D eigenvalue weighted by Gasteiger charge is 1.98. The third-order valence-electron chi connectivity index (χ3n) is 2.70. The van der Waals surface area contributed by atoms with Crippen LogP contribution in [0.4, 0.5) is 0 Å². The van der Waals surface area contributed by atoms with E-state index in [1.807, 2.05) is 12.1 Å². The molecule has 1 aromatic carbocycles. The first-order valence-corrected chi connectivity index (χ1v) is 6.75. The Balaban J connectivity index is 2.32. The lowest BCUT2D eigenvalue weighted by Gasteiger charge is -2.10.